The first-order valence-corrected chi connectivity index (χ1v) is 10.2. The van der Waals surface area contributed by atoms with Crippen LogP contribution in [-0.4, -0.2) is 44.9 Å². The number of likely N-dealkylation sites (tertiary alicyclic amines) is 1. The van der Waals surface area contributed by atoms with Gasteiger partial charge in [0.1, 0.15) is 11.5 Å². The molecule has 4 rings (SSSR count). The lowest BCUT2D eigenvalue weighted by Gasteiger charge is -2.34. The Morgan fingerprint density at radius 2 is 2.14 bits per heavy atom. The Morgan fingerprint density at radius 1 is 1.25 bits per heavy atom. The third-order valence-electron chi connectivity index (χ3n) is 5.61. The summed E-state index contributed by atoms with van der Waals surface area (Å²) in [6.07, 6.45) is 10.6. The van der Waals surface area contributed by atoms with Crippen LogP contribution in [0.2, 0.25) is 0 Å². The van der Waals surface area contributed by atoms with Crippen LogP contribution in [0.1, 0.15) is 48.7 Å². The summed E-state index contributed by atoms with van der Waals surface area (Å²) in [6.45, 7) is 3.72. The Hall–Kier alpha value is -2.89. The summed E-state index contributed by atoms with van der Waals surface area (Å²) in [7, 11) is 0. The molecule has 0 spiro atoms. The van der Waals surface area contributed by atoms with Gasteiger partial charge in [0.2, 0.25) is 0 Å². The fraction of sp³-hybridized carbons (Fsp3) is 0.409. The summed E-state index contributed by atoms with van der Waals surface area (Å²) in [5.41, 5.74) is 2.87. The minimum absolute atomic E-state index is 0.00407. The van der Waals surface area contributed by atoms with Gasteiger partial charge in [0, 0.05) is 36.2 Å². The number of rotatable bonds is 6. The molecular weight excluding hydrogens is 350 g/mol. The van der Waals surface area contributed by atoms with E-state index in [1.807, 2.05) is 11.0 Å². The van der Waals surface area contributed by atoms with E-state index in [0.717, 1.165) is 44.3 Å². The zero-order chi connectivity index (χ0) is 19.3. The van der Waals surface area contributed by atoms with Crippen LogP contribution in [0, 0.1) is 0 Å². The van der Waals surface area contributed by atoms with Crippen molar-refractivity contribution in [2.45, 2.75) is 45.1 Å². The van der Waals surface area contributed by atoms with Crippen LogP contribution in [0.3, 0.4) is 0 Å². The molecule has 0 bridgehead atoms. The molecule has 2 N–H and O–H groups in total. The molecule has 1 aliphatic rings. The first kappa shape index (κ1) is 18.5. The number of amides is 1. The number of carbonyl (C=O) groups is 1. The number of H-pyrrole nitrogens is 1. The lowest BCUT2D eigenvalue weighted by atomic mass is 10.00. The molecule has 1 unspecified atom stereocenters. The quantitative estimate of drug-likeness (QED) is 0.680. The maximum atomic E-state index is 12.8. The third kappa shape index (κ3) is 3.86. The fourth-order valence-corrected chi connectivity index (χ4v) is 4.03. The molecular formula is C22H27N5O. The second kappa shape index (κ2) is 8.42. The highest BCUT2D eigenvalue weighted by atomic mass is 16.2. The summed E-state index contributed by atoms with van der Waals surface area (Å²) < 4.78 is 0. The summed E-state index contributed by atoms with van der Waals surface area (Å²) in [6, 6.07) is 8.63. The predicted octanol–water partition coefficient (Wildman–Crippen LogP) is 4.02. The van der Waals surface area contributed by atoms with E-state index >= 15 is 0 Å². The Labute approximate surface area is 165 Å². The Morgan fingerprint density at radius 3 is 2.96 bits per heavy atom. The lowest BCUT2D eigenvalue weighted by molar-refractivity contribution is 0.0601. The van der Waals surface area contributed by atoms with Gasteiger partial charge >= 0.3 is 0 Å². The molecule has 1 amide bonds. The maximum absolute atomic E-state index is 12.8. The molecule has 146 valence electrons. The highest BCUT2D eigenvalue weighted by Gasteiger charge is 2.27. The number of fused-ring (bicyclic) bond motifs is 1. The van der Waals surface area contributed by atoms with E-state index in [0.29, 0.717) is 17.6 Å². The van der Waals surface area contributed by atoms with E-state index in [1.54, 1.807) is 12.4 Å². The van der Waals surface area contributed by atoms with Gasteiger partial charge in [-0.2, -0.15) is 0 Å². The van der Waals surface area contributed by atoms with Crippen LogP contribution in [0.25, 0.3) is 10.9 Å². The van der Waals surface area contributed by atoms with Crippen LogP contribution in [0.15, 0.2) is 42.9 Å². The van der Waals surface area contributed by atoms with Crippen molar-refractivity contribution in [3.8, 4) is 0 Å². The van der Waals surface area contributed by atoms with Gasteiger partial charge in [0.05, 0.1) is 12.4 Å². The summed E-state index contributed by atoms with van der Waals surface area (Å²) in [4.78, 5) is 26.8. The lowest BCUT2D eigenvalue weighted by Crippen LogP contribution is -2.43. The van der Waals surface area contributed by atoms with Crippen molar-refractivity contribution >= 4 is 22.6 Å². The number of aromatic nitrogens is 3. The standard InChI is InChI=1S/C22H27N5O/c1-2-17-7-5-6-12-27(17)22(28)20-14-26-21(15-25-20)23-11-10-16-13-24-19-9-4-3-8-18(16)19/h3-4,8-9,13-15,17,24H,2,5-7,10-12H2,1H3,(H,23,26). The monoisotopic (exact) mass is 377 g/mol. The van der Waals surface area contributed by atoms with Crippen molar-refractivity contribution in [2.75, 3.05) is 18.4 Å². The van der Waals surface area contributed by atoms with E-state index in [-0.39, 0.29) is 5.91 Å². The number of nitrogens with zero attached hydrogens (tertiary/aromatic N) is 3. The van der Waals surface area contributed by atoms with Gasteiger partial charge in [-0.25, -0.2) is 9.97 Å². The first-order chi connectivity index (χ1) is 13.8. The van der Waals surface area contributed by atoms with Crippen LogP contribution in [-0.2, 0) is 6.42 Å². The molecule has 1 aromatic carbocycles. The summed E-state index contributed by atoms with van der Waals surface area (Å²) >= 11 is 0. The van der Waals surface area contributed by atoms with Crippen LogP contribution >= 0.6 is 0 Å². The number of piperidine rings is 1. The van der Waals surface area contributed by atoms with E-state index < -0.39 is 0 Å². The van der Waals surface area contributed by atoms with Gasteiger partial charge < -0.3 is 15.2 Å². The van der Waals surface area contributed by atoms with Gasteiger partial charge in [0.25, 0.3) is 5.91 Å². The second-order valence-corrected chi connectivity index (χ2v) is 7.38. The maximum Gasteiger partial charge on any atom is 0.274 e. The van der Waals surface area contributed by atoms with Gasteiger partial charge in [-0.05, 0) is 43.7 Å². The van der Waals surface area contributed by atoms with Crippen LogP contribution in [0.4, 0.5) is 5.82 Å². The number of anilines is 1. The fourth-order valence-electron chi connectivity index (χ4n) is 4.03. The highest BCUT2D eigenvalue weighted by molar-refractivity contribution is 5.92. The molecule has 0 saturated carbocycles. The minimum Gasteiger partial charge on any atom is -0.368 e. The highest BCUT2D eigenvalue weighted by Crippen LogP contribution is 2.21. The molecule has 6 nitrogen and oxygen atoms in total. The second-order valence-electron chi connectivity index (χ2n) is 7.38. The molecule has 6 heteroatoms. The number of benzene rings is 1. The van der Waals surface area contributed by atoms with Crippen molar-refractivity contribution in [3.63, 3.8) is 0 Å². The zero-order valence-electron chi connectivity index (χ0n) is 16.3. The number of para-hydroxylation sites is 1. The minimum atomic E-state index is 0.00407. The molecule has 0 radical (unpaired) electrons. The Bertz CT molecular complexity index is 934. The van der Waals surface area contributed by atoms with Crippen molar-refractivity contribution in [1.29, 1.82) is 0 Å². The Kier molecular flexibility index (Phi) is 5.55. The molecule has 2 aromatic heterocycles. The molecule has 3 aromatic rings. The van der Waals surface area contributed by atoms with E-state index in [4.69, 9.17) is 0 Å². The van der Waals surface area contributed by atoms with Crippen molar-refractivity contribution in [2.24, 2.45) is 0 Å². The van der Waals surface area contributed by atoms with E-state index in [1.165, 1.54) is 17.4 Å². The number of aromatic amines is 1. The summed E-state index contributed by atoms with van der Waals surface area (Å²) in [5, 5.41) is 4.55. The topological polar surface area (TPSA) is 73.9 Å². The average Bonchev–Trinajstić information content (AvgIpc) is 3.17. The number of hydrogen-bond acceptors (Lipinski definition) is 4. The number of hydrogen-bond donors (Lipinski definition) is 2. The molecule has 1 atom stereocenters. The molecule has 1 aliphatic heterocycles. The average molecular weight is 377 g/mol. The van der Waals surface area contributed by atoms with Crippen molar-refractivity contribution < 1.29 is 4.79 Å². The van der Waals surface area contributed by atoms with Crippen molar-refractivity contribution in [1.82, 2.24) is 19.9 Å². The first-order valence-electron chi connectivity index (χ1n) is 10.2. The summed E-state index contributed by atoms with van der Waals surface area (Å²) in [5.74, 6) is 0.700. The van der Waals surface area contributed by atoms with Gasteiger partial charge in [-0.3, -0.25) is 4.79 Å². The molecule has 1 saturated heterocycles. The van der Waals surface area contributed by atoms with Gasteiger partial charge in [-0.1, -0.05) is 25.1 Å². The van der Waals surface area contributed by atoms with Gasteiger partial charge in [-0.15, -0.1) is 0 Å². The molecule has 0 aliphatic carbocycles. The predicted molar refractivity (Wildman–Crippen MR) is 111 cm³/mol. The van der Waals surface area contributed by atoms with Gasteiger partial charge in [0.15, 0.2) is 0 Å². The van der Waals surface area contributed by atoms with Crippen molar-refractivity contribution in [3.05, 3.63) is 54.1 Å². The van der Waals surface area contributed by atoms with Crippen LogP contribution in [0.5, 0.6) is 0 Å². The third-order valence-corrected chi connectivity index (χ3v) is 5.61. The largest absolute Gasteiger partial charge is 0.368 e. The number of nitrogens with one attached hydrogen (secondary N) is 2. The number of carbonyl (C=O) groups excluding carboxylic acids is 1. The zero-order valence-corrected chi connectivity index (χ0v) is 16.3. The van der Waals surface area contributed by atoms with E-state index in [9.17, 15) is 4.79 Å². The smallest absolute Gasteiger partial charge is 0.274 e. The molecule has 28 heavy (non-hydrogen) atoms. The SMILES string of the molecule is CCC1CCCCN1C(=O)c1cnc(NCCc2c[nH]c3ccccc23)cn1. The molecule has 1 fully saturated rings. The normalized spacial score (nSPS) is 17.0. The van der Waals surface area contributed by atoms with Crippen LogP contribution < -0.4 is 5.32 Å². The Balaban J connectivity index is 1.35. The van der Waals surface area contributed by atoms with E-state index in [2.05, 4.69) is 51.6 Å². The molecule has 3 heterocycles.